The summed E-state index contributed by atoms with van der Waals surface area (Å²) in [5.41, 5.74) is 1.40. The number of carboxylic acid groups (broad SMARTS) is 1. The van der Waals surface area contributed by atoms with Gasteiger partial charge in [-0.05, 0) is 18.2 Å². The lowest BCUT2D eigenvalue weighted by atomic mass is 9.90. The molecule has 0 aliphatic carbocycles. The molecule has 0 spiro atoms. The summed E-state index contributed by atoms with van der Waals surface area (Å²) in [7, 11) is 1.54. The fraction of sp³-hybridized carbons (Fsp3) is 0.429. The molecule has 0 aromatic heterocycles. The Morgan fingerprint density at radius 3 is 2.85 bits per heavy atom. The first-order valence-electron chi connectivity index (χ1n) is 6.30. The second-order valence-corrected chi connectivity index (χ2v) is 4.76. The highest BCUT2D eigenvalue weighted by Gasteiger charge is 2.32. The SMILES string of the molecule is COC1c2cc(NC(C)=O)ccc2OCC1CC(=O)O. The maximum absolute atomic E-state index is 11.1. The van der Waals surface area contributed by atoms with Gasteiger partial charge in [0, 0.05) is 31.2 Å². The number of anilines is 1. The summed E-state index contributed by atoms with van der Waals surface area (Å²) in [5, 5.41) is 11.6. The van der Waals surface area contributed by atoms with Gasteiger partial charge >= 0.3 is 5.97 Å². The molecule has 0 saturated carbocycles. The summed E-state index contributed by atoms with van der Waals surface area (Å²) in [6.07, 6.45) is -0.383. The highest BCUT2D eigenvalue weighted by molar-refractivity contribution is 5.88. The number of hydrogen-bond donors (Lipinski definition) is 2. The van der Waals surface area contributed by atoms with Crippen LogP contribution >= 0.6 is 0 Å². The van der Waals surface area contributed by atoms with Crippen LogP contribution in [0.1, 0.15) is 25.0 Å². The van der Waals surface area contributed by atoms with Crippen molar-refractivity contribution in [1.82, 2.24) is 0 Å². The van der Waals surface area contributed by atoms with Crippen LogP contribution in [0.15, 0.2) is 18.2 Å². The van der Waals surface area contributed by atoms with Gasteiger partial charge in [0.1, 0.15) is 5.75 Å². The summed E-state index contributed by atoms with van der Waals surface area (Å²) >= 11 is 0. The summed E-state index contributed by atoms with van der Waals surface area (Å²) in [6.45, 7) is 1.73. The van der Waals surface area contributed by atoms with Gasteiger partial charge in [-0.1, -0.05) is 0 Å². The molecule has 1 heterocycles. The van der Waals surface area contributed by atoms with E-state index >= 15 is 0 Å². The lowest BCUT2D eigenvalue weighted by molar-refractivity contribution is -0.140. The zero-order chi connectivity index (χ0) is 14.7. The second-order valence-electron chi connectivity index (χ2n) is 4.76. The fourth-order valence-corrected chi connectivity index (χ4v) is 2.43. The smallest absolute Gasteiger partial charge is 0.303 e. The number of carboxylic acids is 1. The number of aliphatic carboxylic acids is 1. The topological polar surface area (TPSA) is 84.9 Å². The molecule has 0 bridgehead atoms. The predicted octanol–water partition coefficient (Wildman–Crippen LogP) is 1.82. The minimum atomic E-state index is -0.887. The summed E-state index contributed by atoms with van der Waals surface area (Å²) in [6, 6.07) is 5.26. The lowest BCUT2D eigenvalue weighted by Gasteiger charge is -2.32. The van der Waals surface area contributed by atoms with Crippen LogP contribution in [0.2, 0.25) is 0 Å². The second kappa shape index (κ2) is 5.92. The third kappa shape index (κ3) is 3.08. The molecule has 6 nitrogen and oxygen atoms in total. The van der Waals surface area contributed by atoms with Crippen molar-refractivity contribution in [3.63, 3.8) is 0 Å². The minimum Gasteiger partial charge on any atom is -0.493 e. The Balaban J connectivity index is 2.30. The van der Waals surface area contributed by atoms with Crippen LogP contribution in [-0.2, 0) is 14.3 Å². The van der Waals surface area contributed by atoms with E-state index in [-0.39, 0.29) is 24.3 Å². The normalized spacial score (nSPS) is 20.7. The molecule has 1 amide bonds. The number of benzene rings is 1. The van der Waals surface area contributed by atoms with E-state index in [2.05, 4.69) is 5.32 Å². The molecule has 20 heavy (non-hydrogen) atoms. The Hall–Kier alpha value is -2.08. The average Bonchev–Trinajstić information content (AvgIpc) is 2.37. The number of hydrogen-bond acceptors (Lipinski definition) is 4. The monoisotopic (exact) mass is 279 g/mol. The zero-order valence-electron chi connectivity index (χ0n) is 11.4. The number of methoxy groups -OCH3 is 1. The molecular formula is C14H17NO5. The molecule has 2 atom stereocenters. The number of ether oxygens (including phenoxy) is 2. The molecule has 0 fully saturated rings. The van der Waals surface area contributed by atoms with Gasteiger partial charge in [-0.2, -0.15) is 0 Å². The number of carbonyl (C=O) groups excluding carboxylic acids is 1. The molecule has 1 aliphatic heterocycles. The van der Waals surface area contributed by atoms with E-state index in [4.69, 9.17) is 14.6 Å². The standard InChI is InChI=1S/C14H17NO5/c1-8(16)15-10-3-4-12-11(6-10)14(19-2)9(7-20-12)5-13(17)18/h3-4,6,9,14H,5,7H2,1-2H3,(H,15,16)(H,17,18). The van der Waals surface area contributed by atoms with Crippen LogP contribution in [0, 0.1) is 5.92 Å². The van der Waals surface area contributed by atoms with Gasteiger partial charge in [0.2, 0.25) is 5.91 Å². The molecular weight excluding hydrogens is 262 g/mol. The van der Waals surface area contributed by atoms with Crippen molar-refractivity contribution in [3.8, 4) is 5.75 Å². The Morgan fingerprint density at radius 1 is 1.50 bits per heavy atom. The third-order valence-electron chi connectivity index (χ3n) is 3.21. The van der Waals surface area contributed by atoms with Crippen molar-refractivity contribution in [2.45, 2.75) is 19.4 Å². The van der Waals surface area contributed by atoms with E-state index in [9.17, 15) is 9.59 Å². The first-order chi connectivity index (χ1) is 9.51. The van der Waals surface area contributed by atoms with Crippen molar-refractivity contribution >= 4 is 17.6 Å². The molecule has 0 saturated heterocycles. The Kier molecular flexibility index (Phi) is 4.24. The van der Waals surface area contributed by atoms with Gasteiger partial charge in [0.05, 0.1) is 19.1 Å². The maximum atomic E-state index is 11.1. The lowest BCUT2D eigenvalue weighted by Crippen LogP contribution is -2.29. The first-order valence-corrected chi connectivity index (χ1v) is 6.30. The molecule has 1 aliphatic rings. The van der Waals surface area contributed by atoms with Gasteiger partial charge in [0.25, 0.3) is 0 Å². The fourth-order valence-electron chi connectivity index (χ4n) is 2.43. The van der Waals surface area contributed by atoms with Crippen molar-refractivity contribution in [1.29, 1.82) is 0 Å². The maximum Gasteiger partial charge on any atom is 0.303 e. The van der Waals surface area contributed by atoms with Crippen molar-refractivity contribution in [2.24, 2.45) is 5.92 Å². The van der Waals surface area contributed by atoms with E-state index in [0.717, 1.165) is 5.56 Å². The molecule has 108 valence electrons. The van der Waals surface area contributed by atoms with Gasteiger partial charge in [-0.15, -0.1) is 0 Å². The van der Waals surface area contributed by atoms with Crippen LogP contribution in [0.5, 0.6) is 5.75 Å². The van der Waals surface area contributed by atoms with Crippen LogP contribution in [-0.4, -0.2) is 30.7 Å². The largest absolute Gasteiger partial charge is 0.493 e. The van der Waals surface area contributed by atoms with Gasteiger partial charge in [-0.3, -0.25) is 9.59 Å². The zero-order valence-corrected chi connectivity index (χ0v) is 11.4. The van der Waals surface area contributed by atoms with Crippen LogP contribution in [0.25, 0.3) is 0 Å². The summed E-state index contributed by atoms with van der Waals surface area (Å²) < 4.78 is 11.0. The predicted molar refractivity (Wildman–Crippen MR) is 71.7 cm³/mol. The molecule has 1 aromatic rings. The number of carbonyl (C=O) groups is 2. The van der Waals surface area contributed by atoms with Crippen molar-refractivity contribution < 1.29 is 24.2 Å². The van der Waals surface area contributed by atoms with E-state index in [0.29, 0.717) is 18.0 Å². The average molecular weight is 279 g/mol. The van der Waals surface area contributed by atoms with Crippen molar-refractivity contribution in [3.05, 3.63) is 23.8 Å². The van der Waals surface area contributed by atoms with Crippen LogP contribution in [0.3, 0.4) is 0 Å². The van der Waals surface area contributed by atoms with Crippen molar-refractivity contribution in [2.75, 3.05) is 19.0 Å². The highest BCUT2D eigenvalue weighted by Crippen LogP contribution is 2.40. The molecule has 6 heteroatoms. The quantitative estimate of drug-likeness (QED) is 0.878. The Bertz CT molecular complexity index is 528. The van der Waals surface area contributed by atoms with E-state index < -0.39 is 5.97 Å². The van der Waals surface area contributed by atoms with Crippen LogP contribution < -0.4 is 10.1 Å². The third-order valence-corrected chi connectivity index (χ3v) is 3.21. The molecule has 2 rings (SSSR count). The van der Waals surface area contributed by atoms with Gasteiger partial charge < -0.3 is 19.9 Å². The Morgan fingerprint density at radius 2 is 2.25 bits per heavy atom. The summed E-state index contributed by atoms with van der Waals surface area (Å²) in [5.74, 6) is -0.648. The van der Waals surface area contributed by atoms with Gasteiger partial charge in [-0.25, -0.2) is 0 Å². The number of amides is 1. The van der Waals surface area contributed by atoms with Crippen LogP contribution in [0.4, 0.5) is 5.69 Å². The van der Waals surface area contributed by atoms with E-state index in [1.807, 2.05) is 0 Å². The molecule has 0 radical (unpaired) electrons. The minimum absolute atomic E-state index is 0.0255. The van der Waals surface area contributed by atoms with E-state index in [1.165, 1.54) is 6.92 Å². The number of rotatable bonds is 4. The Labute approximate surface area is 116 Å². The molecule has 2 N–H and O–H groups in total. The number of nitrogens with one attached hydrogen (secondary N) is 1. The first kappa shape index (κ1) is 14.3. The summed E-state index contributed by atoms with van der Waals surface area (Å²) in [4.78, 5) is 22.0. The van der Waals surface area contributed by atoms with E-state index in [1.54, 1.807) is 25.3 Å². The highest BCUT2D eigenvalue weighted by atomic mass is 16.5. The molecule has 2 unspecified atom stereocenters. The van der Waals surface area contributed by atoms with Gasteiger partial charge in [0.15, 0.2) is 0 Å². The molecule has 1 aromatic carbocycles. The number of fused-ring (bicyclic) bond motifs is 1.